The number of piperazine rings is 1. The van der Waals surface area contributed by atoms with Crippen LogP contribution in [0.2, 0.25) is 0 Å². The van der Waals surface area contributed by atoms with Crippen LogP contribution in [-0.2, 0) is 13.6 Å². The lowest BCUT2D eigenvalue weighted by molar-refractivity contribution is 0.249. The maximum atomic E-state index is 13.5. The standard InChI is InChI=1S/C28H38N6O2/c1-22-21-24-25(26(29-22)33-14-7-4-8-15-33)28(36)30(2)34(27(24)35)16-10-9-13-31-17-19-32(20-18-31)23-11-5-3-6-12-23/h3,5-6,11-12,21H,4,7-10,13-20H2,1-2H3. The molecule has 0 spiro atoms. The Balaban J connectivity index is 1.24. The molecule has 0 saturated carbocycles. The molecule has 0 aliphatic carbocycles. The van der Waals surface area contributed by atoms with Gasteiger partial charge in [0.1, 0.15) is 5.82 Å². The van der Waals surface area contributed by atoms with Gasteiger partial charge in [0.25, 0.3) is 11.1 Å². The van der Waals surface area contributed by atoms with Crippen LogP contribution in [0.15, 0.2) is 46.0 Å². The zero-order valence-electron chi connectivity index (χ0n) is 21.7. The third-order valence-corrected chi connectivity index (χ3v) is 7.71. The van der Waals surface area contributed by atoms with Gasteiger partial charge >= 0.3 is 0 Å². The number of aryl methyl sites for hydroxylation is 1. The van der Waals surface area contributed by atoms with Crippen molar-refractivity contribution in [3.8, 4) is 0 Å². The van der Waals surface area contributed by atoms with Gasteiger partial charge in [-0.2, -0.15) is 0 Å². The summed E-state index contributed by atoms with van der Waals surface area (Å²) in [5, 5.41) is 0.978. The van der Waals surface area contributed by atoms with Crippen LogP contribution >= 0.6 is 0 Å². The van der Waals surface area contributed by atoms with E-state index in [1.807, 2.05) is 6.92 Å². The summed E-state index contributed by atoms with van der Waals surface area (Å²) in [4.78, 5) is 38.8. The first kappa shape index (κ1) is 24.6. The molecular formula is C28H38N6O2. The molecule has 2 aliphatic rings. The molecule has 0 N–H and O–H groups in total. The Bertz CT molecular complexity index is 1300. The Morgan fingerprint density at radius 3 is 2.22 bits per heavy atom. The topological polar surface area (TPSA) is 66.6 Å². The number of hydrogen-bond donors (Lipinski definition) is 0. The number of nitrogens with zero attached hydrogens (tertiary/aromatic N) is 6. The number of piperidine rings is 1. The van der Waals surface area contributed by atoms with Crippen molar-refractivity contribution in [2.75, 3.05) is 55.6 Å². The number of fused-ring (bicyclic) bond motifs is 1. The van der Waals surface area contributed by atoms with Gasteiger partial charge in [-0.25, -0.2) is 9.67 Å². The van der Waals surface area contributed by atoms with Crippen molar-refractivity contribution in [2.45, 2.75) is 45.6 Å². The van der Waals surface area contributed by atoms with Gasteiger partial charge in [-0.05, 0) is 63.8 Å². The van der Waals surface area contributed by atoms with Crippen molar-refractivity contribution in [3.63, 3.8) is 0 Å². The molecule has 0 unspecified atom stereocenters. The average molecular weight is 491 g/mol. The summed E-state index contributed by atoms with van der Waals surface area (Å²) in [5.74, 6) is 0.684. The molecule has 0 amide bonds. The predicted octanol–water partition coefficient (Wildman–Crippen LogP) is 3.00. The molecule has 2 aromatic heterocycles. The summed E-state index contributed by atoms with van der Waals surface area (Å²) in [6.07, 6.45) is 5.25. The molecule has 8 nitrogen and oxygen atoms in total. The fraction of sp³-hybridized carbons (Fsp3) is 0.536. The average Bonchev–Trinajstić information content (AvgIpc) is 2.92. The van der Waals surface area contributed by atoms with Gasteiger partial charge in [-0.1, -0.05) is 18.2 Å². The molecule has 0 radical (unpaired) electrons. The van der Waals surface area contributed by atoms with Crippen LogP contribution in [0.25, 0.3) is 10.8 Å². The van der Waals surface area contributed by atoms with Crippen LogP contribution in [0.5, 0.6) is 0 Å². The summed E-state index contributed by atoms with van der Waals surface area (Å²) in [7, 11) is 1.71. The molecule has 8 heteroatoms. The highest BCUT2D eigenvalue weighted by Crippen LogP contribution is 2.24. The lowest BCUT2D eigenvalue weighted by Crippen LogP contribution is -2.46. The van der Waals surface area contributed by atoms with Gasteiger partial charge in [0.2, 0.25) is 0 Å². The van der Waals surface area contributed by atoms with E-state index in [1.165, 1.54) is 16.8 Å². The van der Waals surface area contributed by atoms with E-state index in [9.17, 15) is 9.59 Å². The number of hydrogen-bond acceptors (Lipinski definition) is 6. The highest BCUT2D eigenvalue weighted by Gasteiger charge is 2.22. The number of benzene rings is 1. The first-order valence-corrected chi connectivity index (χ1v) is 13.4. The van der Waals surface area contributed by atoms with E-state index in [0.717, 1.165) is 77.2 Å². The zero-order valence-corrected chi connectivity index (χ0v) is 21.7. The number of rotatable bonds is 7. The van der Waals surface area contributed by atoms with E-state index in [1.54, 1.807) is 17.8 Å². The van der Waals surface area contributed by atoms with Gasteiger partial charge in [-0.15, -0.1) is 0 Å². The van der Waals surface area contributed by atoms with Gasteiger partial charge < -0.3 is 9.80 Å². The molecule has 3 aromatic rings. The Labute approximate surface area is 212 Å². The van der Waals surface area contributed by atoms with Crippen LogP contribution < -0.4 is 20.9 Å². The Kier molecular flexibility index (Phi) is 7.41. The second-order valence-electron chi connectivity index (χ2n) is 10.2. The third-order valence-electron chi connectivity index (χ3n) is 7.71. The van der Waals surface area contributed by atoms with Crippen LogP contribution in [0.1, 0.15) is 37.8 Å². The summed E-state index contributed by atoms with van der Waals surface area (Å²) >= 11 is 0. The second kappa shape index (κ2) is 10.9. The SMILES string of the molecule is Cc1cc2c(=O)n(CCCCN3CCN(c4ccccc4)CC3)n(C)c(=O)c2c(N2CCCCC2)n1. The second-order valence-corrected chi connectivity index (χ2v) is 10.2. The largest absolute Gasteiger partial charge is 0.369 e. The quantitative estimate of drug-likeness (QED) is 0.475. The maximum Gasteiger partial charge on any atom is 0.276 e. The molecular weight excluding hydrogens is 452 g/mol. The molecule has 2 saturated heterocycles. The normalized spacial score (nSPS) is 17.2. The monoisotopic (exact) mass is 490 g/mol. The van der Waals surface area contributed by atoms with E-state index in [-0.39, 0.29) is 11.1 Å². The van der Waals surface area contributed by atoms with Crippen LogP contribution in [-0.4, -0.2) is 65.1 Å². The minimum Gasteiger partial charge on any atom is -0.369 e. The van der Waals surface area contributed by atoms with Gasteiger partial charge in [0.15, 0.2) is 0 Å². The lowest BCUT2D eigenvalue weighted by atomic mass is 10.1. The maximum absolute atomic E-state index is 13.5. The molecule has 1 aromatic carbocycles. The molecule has 0 atom stereocenters. The van der Waals surface area contributed by atoms with E-state index in [4.69, 9.17) is 4.98 Å². The molecule has 2 aliphatic heterocycles. The number of unbranched alkanes of at least 4 members (excludes halogenated alkanes) is 1. The van der Waals surface area contributed by atoms with Crippen molar-refractivity contribution in [1.82, 2.24) is 19.2 Å². The molecule has 5 rings (SSSR count). The summed E-state index contributed by atoms with van der Waals surface area (Å²) < 4.78 is 3.13. The molecule has 192 valence electrons. The van der Waals surface area contributed by atoms with Crippen LogP contribution in [0.3, 0.4) is 0 Å². The van der Waals surface area contributed by atoms with E-state index in [0.29, 0.717) is 23.1 Å². The number of pyridine rings is 1. The number of aromatic nitrogens is 3. The minimum atomic E-state index is -0.130. The zero-order chi connectivity index (χ0) is 25.1. The number of anilines is 2. The lowest BCUT2D eigenvalue weighted by Gasteiger charge is -2.36. The molecule has 36 heavy (non-hydrogen) atoms. The van der Waals surface area contributed by atoms with E-state index in [2.05, 4.69) is 45.0 Å². The van der Waals surface area contributed by atoms with Crippen molar-refractivity contribution >= 4 is 22.3 Å². The van der Waals surface area contributed by atoms with Gasteiger partial charge in [0, 0.05) is 64.2 Å². The Morgan fingerprint density at radius 2 is 1.50 bits per heavy atom. The molecule has 4 heterocycles. The molecule has 0 bridgehead atoms. The summed E-state index contributed by atoms with van der Waals surface area (Å²) in [6.45, 7) is 9.42. The van der Waals surface area contributed by atoms with Crippen molar-refractivity contribution in [1.29, 1.82) is 0 Å². The Hall–Kier alpha value is -3.13. The highest BCUT2D eigenvalue weighted by molar-refractivity contribution is 5.91. The minimum absolute atomic E-state index is 0.0904. The van der Waals surface area contributed by atoms with Crippen LogP contribution in [0, 0.1) is 6.92 Å². The van der Waals surface area contributed by atoms with Crippen molar-refractivity contribution in [3.05, 3.63) is 62.8 Å². The van der Waals surface area contributed by atoms with E-state index < -0.39 is 0 Å². The predicted molar refractivity (Wildman–Crippen MR) is 146 cm³/mol. The Morgan fingerprint density at radius 1 is 0.806 bits per heavy atom. The fourth-order valence-electron chi connectivity index (χ4n) is 5.63. The number of para-hydroxylation sites is 1. The van der Waals surface area contributed by atoms with Gasteiger partial charge in [-0.3, -0.25) is 19.2 Å². The summed E-state index contributed by atoms with van der Waals surface area (Å²) in [5.41, 5.74) is 1.86. The smallest absolute Gasteiger partial charge is 0.276 e. The summed E-state index contributed by atoms with van der Waals surface area (Å²) in [6, 6.07) is 12.4. The first-order valence-electron chi connectivity index (χ1n) is 13.4. The fourth-order valence-corrected chi connectivity index (χ4v) is 5.63. The van der Waals surface area contributed by atoms with Gasteiger partial charge in [0.05, 0.1) is 10.8 Å². The first-order chi connectivity index (χ1) is 17.5. The van der Waals surface area contributed by atoms with E-state index >= 15 is 0 Å². The van der Waals surface area contributed by atoms with Crippen molar-refractivity contribution in [2.24, 2.45) is 7.05 Å². The highest BCUT2D eigenvalue weighted by atomic mass is 16.2. The van der Waals surface area contributed by atoms with Crippen LogP contribution in [0.4, 0.5) is 11.5 Å². The van der Waals surface area contributed by atoms with Crippen molar-refractivity contribution < 1.29 is 0 Å². The molecule has 2 fully saturated rings. The third kappa shape index (κ3) is 5.05.